The third-order valence-electron chi connectivity index (χ3n) is 7.63. The van der Waals surface area contributed by atoms with E-state index in [2.05, 4.69) is 18.0 Å². The van der Waals surface area contributed by atoms with Gasteiger partial charge in [-0.15, -0.1) is 0 Å². The van der Waals surface area contributed by atoms with Crippen LogP contribution in [0.4, 0.5) is 0 Å². The molecule has 57 heavy (non-hydrogen) atoms. The molecular formula is C43H42N2O11S. The molecule has 0 fully saturated rings. The Balaban J connectivity index is 1.60. The van der Waals surface area contributed by atoms with Crippen molar-refractivity contribution in [2.45, 2.75) is 37.5 Å². The molecule has 0 bridgehead atoms. The van der Waals surface area contributed by atoms with Crippen LogP contribution in [0.3, 0.4) is 0 Å². The Morgan fingerprint density at radius 1 is 0.754 bits per heavy atom. The van der Waals surface area contributed by atoms with E-state index >= 15 is 0 Å². The number of rotatable bonds is 22. The molecule has 0 spiro atoms. The fourth-order valence-corrected chi connectivity index (χ4v) is 5.50. The number of thioether (sulfide) groups is 1. The van der Waals surface area contributed by atoms with E-state index in [9.17, 15) is 24.4 Å². The maximum Gasteiger partial charge on any atom is 0.354 e. The van der Waals surface area contributed by atoms with Gasteiger partial charge >= 0.3 is 17.9 Å². The molecule has 0 saturated heterocycles. The predicted molar refractivity (Wildman–Crippen MR) is 214 cm³/mol. The van der Waals surface area contributed by atoms with Crippen molar-refractivity contribution in [2.24, 2.45) is 0 Å². The number of carbonyl (C=O) groups excluding carboxylic acids is 4. The highest BCUT2D eigenvalue weighted by atomic mass is 32.2. The lowest BCUT2D eigenvalue weighted by molar-refractivity contribution is -0.138. The summed E-state index contributed by atoms with van der Waals surface area (Å²) in [5.41, 5.74) is 1.26. The van der Waals surface area contributed by atoms with Crippen molar-refractivity contribution in [3.05, 3.63) is 119 Å². The monoisotopic (exact) mass is 794 g/mol. The Labute approximate surface area is 335 Å². The average molecular weight is 795 g/mol. The van der Waals surface area contributed by atoms with Crippen LogP contribution >= 0.6 is 11.8 Å². The van der Waals surface area contributed by atoms with E-state index in [-0.39, 0.29) is 30.2 Å². The normalized spacial score (nSPS) is 10.9. The van der Waals surface area contributed by atoms with Crippen LogP contribution in [0.25, 0.3) is 17.0 Å². The Hall–Kier alpha value is -6.77. The van der Waals surface area contributed by atoms with E-state index in [1.807, 2.05) is 6.07 Å². The largest absolute Gasteiger partial charge is 0.493 e. The molecule has 0 radical (unpaired) electrons. The molecule has 3 rings (SSSR count). The molecule has 3 aromatic rings. The van der Waals surface area contributed by atoms with Gasteiger partial charge in [0.05, 0.1) is 47.2 Å². The molecule has 0 heterocycles. The third-order valence-corrected chi connectivity index (χ3v) is 8.71. The van der Waals surface area contributed by atoms with Gasteiger partial charge < -0.3 is 33.2 Å². The van der Waals surface area contributed by atoms with Gasteiger partial charge in [0.15, 0.2) is 23.0 Å². The van der Waals surface area contributed by atoms with E-state index in [1.165, 1.54) is 32.4 Å². The van der Waals surface area contributed by atoms with Crippen LogP contribution in [0.2, 0.25) is 0 Å². The van der Waals surface area contributed by atoms with Gasteiger partial charge in [0, 0.05) is 17.0 Å². The molecule has 0 amide bonds. The fraction of sp³-hybridized carbons (Fsp3) is 0.256. The zero-order valence-corrected chi connectivity index (χ0v) is 32.7. The summed E-state index contributed by atoms with van der Waals surface area (Å²) < 4.78 is 37.8. The van der Waals surface area contributed by atoms with Gasteiger partial charge in [0.2, 0.25) is 10.8 Å². The summed E-state index contributed by atoms with van der Waals surface area (Å²) in [6.07, 6.45) is 7.49. The highest BCUT2D eigenvalue weighted by Crippen LogP contribution is 2.33. The summed E-state index contributed by atoms with van der Waals surface area (Å²) in [4.78, 5) is 52.4. The van der Waals surface area contributed by atoms with E-state index in [1.54, 1.807) is 55.5 Å². The highest BCUT2D eigenvalue weighted by Gasteiger charge is 2.17. The fourth-order valence-electron chi connectivity index (χ4n) is 4.73. The molecular weight excluding hydrogens is 753 g/mol. The molecule has 0 aliphatic rings. The van der Waals surface area contributed by atoms with Gasteiger partial charge in [-0.25, -0.2) is 19.2 Å². The molecule has 0 aliphatic heterocycles. The first-order valence-corrected chi connectivity index (χ1v) is 18.3. The lowest BCUT2D eigenvalue weighted by atomic mass is 10.1. The molecule has 0 atom stereocenters. The van der Waals surface area contributed by atoms with E-state index in [4.69, 9.17) is 39.7 Å². The third kappa shape index (κ3) is 14.8. The lowest BCUT2D eigenvalue weighted by Crippen LogP contribution is -2.10. The number of nitrogens with zero attached hydrogens (tertiary/aromatic N) is 2. The second-order valence-corrected chi connectivity index (χ2v) is 12.7. The molecule has 0 unspecified atom stereocenters. The van der Waals surface area contributed by atoms with Crippen LogP contribution in [0.15, 0.2) is 96.1 Å². The first kappa shape index (κ1) is 44.6. The predicted octanol–water partition coefficient (Wildman–Crippen LogP) is 7.88. The van der Waals surface area contributed by atoms with Gasteiger partial charge in [0.25, 0.3) is 0 Å². The van der Waals surface area contributed by atoms with E-state index in [0.717, 1.165) is 23.9 Å². The molecule has 0 aromatic heterocycles. The number of carbonyl (C=O) groups is 4. The molecule has 13 nitrogen and oxygen atoms in total. The molecule has 3 aromatic carbocycles. The van der Waals surface area contributed by atoms with Crippen molar-refractivity contribution in [3.63, 3.8) is 0 Å². The number of ether oxygens (including phenoxy) is 7. The maximum atomic E-state index is 13.2. The minimum Gasteiger partial charge on any atom is -0.493 e. The average Bonchev–Trinajstić information content (AvgIpc) is 3.22. The van der Waals surface area contributed by atoms with Crippen molar-refractivity contribution in [2.75, 3.05) is 40.6 Å². The zero-order chi connectivity index (χ0) is 41.6. The zero-order valence-electron chi connectivity index (χ0n) is 31.9. The topological polar surface area (TPSA) is 161 Å². The first-order valence-electron chi connectivity index (χ1n) is 17.5. The number of methoxy groups -OCH3 is 2. The molecule has 14 heteroatoms. The Kier molecular flexibility index (Phi) is 18.7. The second kappa shape index (κ2) is 23.9. The van der Waals surface area contributed by atoms with Gasteiger partial charge in [-0.1, -0.05) is 37.1 Å². The first-order chi connectivity index (χ1) is 27.5. The Morgan fingerprint density at radius 2 is 1.28 bits per heavy atom. The Morgan fingerprint density at radius 3 is 1.75 bits per heavy atom. The van der Waals surface area contributed by atoms with E-state index < -0.39 is 23.0 Å². The lowest BCUT2D eigenvalue weighted by Gasteiger charge is -2.12. The number of nitriles is 1. The Bertz CT molecular complexity index is 2090. The number of unbranched alkanes of at least 4 members (excludes halogenated alkanes) is 2. The maximum absolute atomic E-state index is 13.2. The number of benzene rings is 3. The number of hydrogen-bond donors (Lipinski definition) is 0. The van der Waals surface area contributed by atoms with Crippen molar-refractivity contribution < 1.29 is 52.3 Å². The van der Waals surface area contributed by atoms with Crippen LogP contribution in [0.5, 0.6) is 28.7 Å². The van der Waals surface area contributed by atoms with E-state index in [0.29, 0.717) is 83.5 Å². The summed E-state index contributed by atoms with van der Waals surface area (Å²) in [5, 5.41) is 9.25. The van der Waals surface area contributed by atoms with Gasteiger partial charge in [0.1, 0.15) is 17.4 Å². The minimum absolute atomic E-state index is 0.122. The molecule has 0 N–H and O–H groups in total. The summed E-state index contributed by atoms with van der Waals surface area (Å²) in [6.45, 7) is 17.3. The van der Waals surface area contributed by atoms with Crippen molar-refractivity contribution in [1.29, 1.82) is 5.26 Å². The van der Waals surface area contributed by atoms with Gasteiger partial charge in [-0.2, -0.15) is 5.26 Å². The molecule has 0 aliphatic carbocycles. The van der Waals surface area contributed by atoms with Crippen molar-refractivity contribution >= 4 is 46.9 Å². The van der Waals surface area contributed by atoms with Gasteiger partial charge in [-0.3, -0.25) is 4.79 Å². The highest BCUT2D eigenvalue weighted by molar-refractivity contribution is 8.14. The smallest absolute Gasteiger partial charge is 0.354 e. The molecule has 296 valence electrons. The summed E-state index contributed by atoms with van der Waals surface area (Å²) in [5.74, 6) is 0.0512. The van der Waals surface area contributed by atoms with Crippen LogP contribution in [0.1, 0.15) is 42.4 Å². The summed E-state index contributed by atoms with van der Waals surface area (Å²) in [6, 6.07) is 16.5. The van der Waals surface area contributed by atoms with Crippen molar-refractivity contribution in [3.8, 4) is 34.8 Å². The SMILES string of the molecule is [C-]#[N+]/C(=C\c1ccc(OCCCCOC(=O)C=C)c(OC)c1)C(=O)Sc1ccc(OC(=O)/C(C#N)=C/c2ccc(OCCCCOC(=O)C=C)c(OC)c2)cc1C. The molecule has 0 saturated carbocycles. The number of esters is 3. The van der Waals surface area contributed by atoms with Crippen molar-refractivity contribution in [1.82, 2.24) is 0 Å². The number of hydrogen-bond acceptors (Lipinski definition) is 13. The minimum atomic E-state index is -0.888. The summed E-state index contributed by atoms with van der Waals surface area (Å²) >= 11 is 0.850. The quantitative estimate of drug-likeness (QED) is 0.0184. The van der Waals surface area contributed by atoms with Crippen LogP contribution in [-0.4, -0.2) is 63.7 Å². The second-order valence-electron chi connectivity index (χ2n) is 11.7. The van der Waals surface area contributed by atoms with Crippen LogP contribution < -0.4 is 23.7 Å². The van der Waals surface area contributed by atoms with Crippen LogP contribution in [0, 0.1) is 24.8 Å². The van der Waals surface area contributed by atoms with Gasteiger partial charge in [-0.05, 0) is 104 Å². The number of aryl methyl sites for hydroxylation is 1. The summed E-state index contributed by atoms with van der Waals surface area (Å²) in [7, 11) is 2.95. The standard InChI is InChI=1S/C43H42N2O11S/c1-7-40(46)54-21-11-9-19-52-35-16-13-30(26-37(35)50-5)24-32(28-44)42(48)56-33-15-18-39(29(3)23-33)57-43(49)34(45-4)25-31-14-17-36(38(27-31)51-6)53-20-10-12-22-55-41(47)8-2/h7-8,13-18,23-27H,1-2,9-12,19-22H2,3,5-6H3/b32-24+,34-25-. The van der Waals surface area contributed by atoms with Crippen LogP contribution in [-0.2, 0) is 28.7 Å².